The Hall–Kier alpha value is -2.74. The van der Waals surface area contributed by atoms with Gasteiger partial charge in [-0.1, -0.05) is 6.07 Å². The molecule has 146 valence electrons. The van der Waals surface area contributed by atoms with Crippen LogP contribution in [-0.2, 0) is 4.74 Å². The summed E-state index contributed by atoms with van der Waals surface area (Å²) in [5.41, 5.74) is 0.316. The van der Waals surface area contributed by atoms with Crippen LogP contribution in [0.5, 0.6) is 0 Å². The van der Waals surface area contributed by atoms with Crippen molar-refractivity contribution >= 4 is 17.7 Å². The standard InChI is InChI=1S/C20H24N6O2/c1-21-17-6-9-23-19(25-17)26-11-14-13(16-5-7-20(14,12-26)28-16)10-24-18(27)15-4-2-3-8-22-15/h2-4,6,8-9,13-14,16H,5,7,10-12H2,1H3,(H,24,27)(H,21,23,25)/t13-,14+,16+,20+/m0/s1. The van der Waals surface area contributed by atoms with Gasteiger partial charge in [-0.25, -0.2) is 4.98 Å². The molecular weight excluding hydrogens is 356 g/mol. The normalized spacial score (nSPS) is 30.3. The summed E-state index contributed by atoms with van der Waals surface area (Å²) in [5.74, 6) is 2.09. The molecule has 0 radical (unpaired) electrons. The Morgan fingerprint density at radius 3 is 3.07 bits per heavy atom. The molecule has 2 bridgehead atoms. The second-order valence-electron chi connectivity index (χ2n) is 7.83. The maximum absolute atomic E-state index is 12.4. The van der Waals surface area contributed by atoms with Crippen molar-refractivity contribution in [3.63, 3.8) is 0 Å². The quantitative estimate of drug-likeness (QED) is 0.808. The minimum atomic E-state index is -0.135. The molecule has 3 aliphatic heterocycles. The van der Waals surface area contributed by atoms with Crippen LogP contribution in [0.1, 0.15) is 23.3 Å². The van der Waals surface area contributed by atoms with Gasteiger partial charge in [0.2, 0.25) is 5.95 Å². The van der Waals surface area contributed by atoms with E-state index in [2.05, 4.69) is 30.5 Å². The highest BCUT2D eigenvalue weighted by Crippen LogP contribution is 2.54. The molecule has 2 aromatic rings. The minimum absolute atomic E-state index is 0.127. The van der Waals surface area contributed by atoms with Gasteiger partial charge in [0.15, 0.2) is 0 Å². The van der Waals surface area contributed by atoms with Gasteiger partial charge in [-0.2, -0.15) is 4.98 Å². The van der Waals surface area contributed by atoms with E-state index in [0.717, 1.165) is 37.7 Å². The van der Waals surface area contributed by atoms with Crippen LogP contribution in [0.15, 0.2) is 36.7 Å². The summed E-state index contributed by atoms with van der Waals surface area (Å²) in [7, 11) is 1.86. The summed E-state index contributed by atoms with van der Waals surface area (Å²) >= 11 is 0. The number of rotatable bonds is 5. The first-order valence-electron chi connectivity index (χ1n) is 9.81. The summed E-state index contributed by atoms with van der Waals surface area (Å²) in [5, 5.41) is 6.13. The number of anilines is 2. The lowest BCUT2D eigenvalue weighted by Gasteiger charge is -2.29. The molecule has 8 nitrogen and oxygen atoms in total. The van der Waals surface area contributed by atoms with E-state index in [4.69, 9.17) is 4.74 Å². The van der Waals surface area contributed by atoms with Crippen LogP contribution in [0.4, 0.5) is 11.8 Å². The second kappa shape index (κ2) is 6.70. The SMILES string of the molecule is CNc1ccnc(N2C[C@@H]3[C@H](CNC(=O)c4ccccn4)[C@H]4CC[C@]3(C2)O4)n1. The molecule has 2 N–H and O–H groups in total. The Balaban J connectivity index is 1.30. The average Bonchev–Trinajstić information content (AvgIpc) is 3.41. The fraction of sp³-hybridized carbons (Fsp3) is 0.500. The maximum Gasteiger partial charge on any atom is 0.269 e. The number of carbonyl (C=O) groups excluding carboxylic acids is 1. The molecule has 5 heterocycles. The number of carbonyl (C=O) groups is 1. The number of nitrogens with zero attached hydrogens (tertiary/aromatic N) is 4. The van der Waals surface area contributed by atoms with Crippen LogP contribution in [0.3, 0.4) is 0 Å². The Kier molecular flexibility index (Phi) is 4.16. The van der Waals surface area contributed by atoms with Gasteiger partial charge in [-0.05, 0) is 31.0 Å². The third-order valence-electron chi connectivity index (χ3n) is 6.36. The van der Waals surface area contributed by atoms with Crippen molar-refractivity contribution in [1.29, 1.82) is 0 Å². The average molecular weight is 380 g/mol. The highest BCUT2D eigenvalue weighted by Gasteiger charge is 2.63. The fourth-order valence-electron chi connectivity index (χ4n) is 5.05. The monoisotopic (exact) mass is 380 g/mol. The van der Waals surface area contributed by atoms with E-state index in [1.54, 1.807) is 18.5 Å². The van der Waals surface area contributed by atoms with Crippen molar-refractivity contribution in [3.05, 3.63) is 42.4 Å². The zero-order chi connectivity index (χ0) is 19.1. The van der Waals surface area contributed by atoms with Crippen molar-refractivity contribution in [2.24, 2.45) is 11.8 Å². The first kappa shape index (κ1) is 17.4. The van der Waals surface area contributed by atoms with Gasteiger partial charge >= 0.3 is 0 Å². The summed E-state index contributed by atoms with van der Waals surface area (Å²) < 4.78 is 6.46. The van der Waals surface area contributed by atoms with Gasteiger partial charge < -0.3 is 20.3 Å². The van der Waals surface area contributed by atoms with Gasteiger partial charge in [-0.3, -0.25) is 9.78 Å². The number of nitrogens with one attached hydrogen (secondary N) is 2. The van der Waals surface area contributed by atoms with Gasteiger partial charge in [0.25, 0.3) is 5.91 Å². The Bertz CT molecular complexity index is 878. The van der Waals surface area contributed by atoms with Crippen molar-refractivity contribution in [2.75, 3.05) is 36.9 Å². The molecule has 3 saturated heterocycles. The van der Waals surface area contributed by atoms with E-state index >= 15 is 0 Å². The summed E-state index contributed by atoms with van der Waals surface area (Å²) in [6.45, 7) is 2.28. The number of fused-ring (bicyclic) bond motifs is 1. The Labute approximate surface area is 163 Å². The number of amides is 1. The number of ether oxygens (including phenoxy) is 1. The molecule has 1 amide bonds. The van der Waals surface area contributed by atoms with Crippen molar-refractivity contribution in [2.45, 2.75) is 24.5 Å². The summed E-state index contributed by atoms with van der Waals surface area (Å²) in [6.07, 6.45) is 5.75. The molecule has 8 heteroatoms. The predicted molar refractivity (Wildman–Crippen MR) is 104 cm³/mol. The third kappa shape index (κ3) is 2.79. The largest absolute Gasteiger partial charge is 0.373 e. The van der Waals surface area contributed by atoms with E-state index in [9.17, 15) is 4.79 Å². The molecular formula is C20H24N6O2. The van der Waals surface area contributed by atoms with E-state index < -0.39 is 0 Å². The molecule has 28 heavy (non-hydrogen) atoms. The molecule has 0 saturated carbocycles. The van der Waals surface area contributed by atoms with Crippen molar-refractivity contribution in [1.82, 2.24) is 20.3 Å². The van der Waals surface area contributed by atoms with Crippen LogP contribution in [0.25, 0.3) is 0 Å². The first-order chi connectivity index (χ1) is 13.7. The molecule has 5 rings (SSSR count). The number of pyridine rings is 1. The number of aromatic nitrogens is 3. The van der Waals surface area contributed by atoms with E-state index in [-0.39, 0.29) is 17.6 Å². The zero-order valence-corrected chi connectivity index (χ0v) is 15.8. The second-order valence-corrected chi connectivity index (χ2v) is 7.83. The molecule has 2 aromatic heterocycles. The Morgan fingerprint density at radius 1 is 1.32 bits per heavy atom. The van der Waals surface area contributed by atoms with E-state index in [1.165, 1.54) is 0 Å². The molecule has 0 aromatic carbocycles. The lowest BCUT2D eigenvalue weighted by atomic mass is 9.73. The topological polar surface area (TPSA) is 92.3 Å². The highest BCUT2D eigenvalue weighted by atomic mass is 16.5. The van der Waals surface area contributed by atoms with Gasteiger partial charge in [-0.15, -0.1) is 0 Å². The molecule has 0 aliphatic carbocycles. The lowest BCUT2D eigenvalue weighted by molar-refractivity contribution is 0.0141. The molecule has 3 aliphatic rings. The summed E-state index contributed by atoms with van der Waals surface area (Å²) in [6, 6.07) is 7.22. The van der Waals surface area contributed by atoms with Gasteiger partial charge in [0.1, 0.15) is 11.5 Å². The van der Waals surface area contributed by atoms with E-state index in [0.29, 0.717) is 24.1 Å². The van der Waals surface area contributed by atoms with Gasteiger partial charge in [0.05, 0.1) is 18.2 Å². The Morgan fingerprint density at radius 2 is 2.25 bits per heavy atom. The molecule has 1 spiro atoms. The molecule has 4 atom stereocenters. The lowest BCUT2D eigenvalue weighted by Crippen LogP contribution is -2.42. The molecule has 0 unspecified atom stereocenters. The number of hydrogen-bond donors (Lipinski definition) is 2. The van der Waals surface area contributed by atoms with Crippen LogP contribution in [0, 0.1) is 11.8 Å². The third-order valence-corrected chi connectivity index (χ3v) is 6.36. The zero-order valence-electron chi connectivity index (χ0n) is 15.8. The van der Waals surface area contributed by atoms with Crippen LogP contribution in [0.2, 0.25) is 0 Å². The minimum Gasteiger partial charge on any atom is -0.373 e. The van der Waals surface area contributed by atoms with Gasteiger partial charge in [0, 0.05) is 44.4 Å². The highest BCUT2D eigenvalue weighted by molar-refractivity contribution is 5.92. The smallest absolute Gasteiger partial charge is 0.269 e. The molecule has 3 fully saturated rings. The fourth-order valence-corrected chi connectivity index (χ4v) is 5.05. The van der Waals surface area contributed by atoms with Crippen LogP contribution >= 0.6 is 0 Å². The number of hydrogen-bond acceptors (Lipinski definition) is 7. The van der Waals surface area contributed by atoms with Crippen LogP contribution in [-0.4, -0.2) is 59.2 Å². The van der Waals surface area contributed by atoms with E-state index in [1.807, 2.05) is 25.2 Å². The first-order valence-corrected chi connectivity index (χ1v) is 9.81. The van der Waals surface area contributed by atoms with Crippen LogP contribution < -0.4 is 15.5 Å². The van der Waals surface area contributed by atoms with Crippen molar-refractivity contribution in [3.8, 4) is 0 Å². The maximum atomic E-state index is 12.4. The predicted octanol–water partition coefficient (Wildman–Crippen LogP) is 1.33. The summed E-state index contributed by atoms with van der Waals surface area (Å²) in [4.78, 5) is 27.8. The van der Waals surface area contributed by atoms with Crippen molar-refractivity contribution < 1.29 is 9.53 Å².